The number of carbonyl (C=O) groups excluding carboxylic acids is 1. The van der Waals surface area contributed by atoms with E-state index in [1.165, 1.54) is 7.11 Å². The standard InChI is InChI=1S/C12H21N3O2/c1-6-7-9(4)15-11(8(2)3)10(13-14-15)12(16)17-5/h8-9H,6-7H2,1-5H3. The van der Waals surface area contributed by atoms with E-state index in [4.69, 9.17) is 4.74 Å². The molecule has 0 amide bonds. The maximum absolute atomic E-state index is 11.6. The third kappa shape index (κ3) is 2.84. The fraction of sp³-hybridized carbons (Fsp3) is 0.750. The molecule has 0 aromatic carbocycles. The van der Waals surface area contributed by atoms with E-state index in [0.717, 1.165) is 18.5 Å². The second kappa shape index (κ2) is 5.80. The molecular weight excluding hydrogens is 218 g/mol. The lowest BCUT2D eigenvalue weighted by molar-refractivity contribution is 0.0592. The van der Waals surface area contributed by atoms with Gasteiger partial charge in [-0.25, -0.2) is 9.48 Å². The zero-order chi connectivity index (χ0) is 13.0. The van der Waals surface area contributed by atoms with Crippen molar-refractivity contribution in [2.75, 3.05) is 7.11 Å². The molecule has 1 unspecified atom stereocenters. The maximum Gasteiger partial charge on any atom is 0.360 e. The van der Waals surface area contributed by atoms with Crippen molar-refractivity contribution in [1.29, 1.82) is 0 Å². The van der Waals surface area contributed by atoms with Gasteiger partial charge < -0.3 is 4.74 Å². The quantitative estimate of drug-likeness (QED) is 0.741. The van der Waals surface area contributed by atoms with Crippen molar-refractivity contribution < 1.29 is 9.53 Å². The normalized spacial score (nSPS) is 12.8. The van der Waals surface area contributed by atoms with Crippen molar-refractivity contribution in [1.82, 2.24) is 15.0 Å². The summed E-state index contributed by atoms with van der Waals surface area (Å²) < 4.78 is 6.57. The number of carbonyl (C=O) groups is 1. The van der Waals surface area contributed by atoms with Crippen molar-refractivity contribution in [3.63, 3.8) is 0 Å². The van der Waals surface area contributed by atoms with Crippen molar-refractivity contribution in [3.8, 4) is 0 Å². The molecule has 0 radical (unpaired) electrons. The van der Waals surface area contributed by atoms with Crippen molar-refractivity contribution in [2.24, 2.45) is 0 Å². The summed E-state index contributed by atoms with van der Waals surface area (Å²) in [4.78, 5) is 11.6. The molecule has 0 spiro atoms. The average Bonchev–Trinajstić information content (AvgIpc) is 2.72. The van der Waals surface area contributed by atoms with Crippen LogP contribution in [-0.2, 0) is 4.74 Å². The minimum absolute atomic E-state index is 0.193. The van der Waals surface area contributed by atoms with Gasteiger partial charge >= 0.3 is 5.97 Å². The van der Waals surface area contributed by atoms with E-state index in [2.05, 4.69) is 24.2 Å². The molecule has 0 fully saturated rings. The second-order valence-electron chi connectivity index (χ2n) is 4.55. The minimum atomic E-state index is -0.413. The van der Waals surface area contributed by atoms with E-state index in [1.54, 1.807) is 0 Å². The van der Waals surface area contributed by atoms with Crippen LogP contribution in [0, 0.1) is 0 Å². The number of hydrogen-bond donors (Lipinski definition) is 0. The summed E-state index contributed by atoms with van der Waals surface area (Å²) in [6, 6.07) is 0.253. The lowest BCUT2D eigenvalue weighted by atomic mass is 10.1. The molecule has 0 saturated carbocycles. The number of nitrogens with zero attached hydrogens (tertiary/aromatic N) is 3. The monoisotopic (exact) mass is 239 g/mol. The summed E-state index contributed by atoms with van der Waals surface area (Å²) in [7, 11) is 1.36. The third-order valence-electron chi connectivity index (χ3n) is 2.78. The van der Waals surface area contributed by atoms with Crippen LogP contribution < -0.4 is 0 Å². The predicted molar refractivity (Wildman–Crippen MR) is 65.1 cm³/mol. The van der Waals surface area contributed by atoms with Crippen LogP contribution >= 0.6 is 0 Å². The van der Waals surface area contributed by atoms with Gasteiger partial charge in [0, 0.05) is 0 Å². The number of rotatable bonds is 5. The Morgan fingerprint density at radius 1 is 1.41 bits per heavy atom. The number of esters is 1. The highest BCUT2D eigenvalue weighted by atomic mass is 16.5. The van der Waals surface area contributed by atoms with Gasteiger partial charge in [0.1, 0.15) is 0 Å². The Kier molecular flexibility index (Phi) is 4.66. The average molecular weight is 239 g/mol. The molecule has 0 aliphatic heterocycles. The first kappa shape index (κ1) is 13.7. The molecule has 0 aliphatic rings. The summed E-state index contributed by atoms with van der Waals surface area (Å²) in [5.74, 6) is -0.220. The van der Waals surface area contributed by atoms with Gasteiger partial charge in [-0.2, -0.15) is 0 Å². The first-order valence-electron chi connectivity index (χ1n) is 6.06. The van der Waals surface area contributed by atoms with Gasteiger partial charge in [0.05, 0.1) is 18.8 Å². The molecule has 1 heterocycles. The molecule has 0 N–H and O–H groups in total. The van der Waals surface area contributed by atoms with Gasteiger partial charge in [-0.05, 0) is 19.3 Å². The molecular formula is C12H21N3O2. The first-order valence-corrected chi connectivity index (χ1v) is 6.06. The highest BCUT2D eigenvalue weighted by molar-refractivity contribution is 5.88. The first-order chi connectivity index (χ1) is 8.02. The molecule has 1 aromatic heterocycles. The number of ether oxygens (including phenoxy) is 1. The Labute approximate surface area is 102 Å². The van der Waals surface area contributed by atoms with Crippen molar-refractivity contribution >= 4 is 5.97 Å². The van der Waals surface area contributed by atoms with E-state index in [9.17, 15) is 4.79 Å². The molecule has 1 atom stereocenters. The molecule has 1 aromatic rings. The van der Waals surface area contributed by atoms with Gasteiger partial charge in [-0.15, -0.1) is 5.10 Å². The lowest BCUT2D eigenvalue weighted by Crippen LogP contribution is -2.14. The van der Waals surface area contributed by atoms with Crippen LogP contribution in [0.1, 0.15) is 68.7 Å². The highest BCUT2D eigenvalue weighted by Crippen LogP contribution is 2.23. The Morgan fingerprint density at radius 3 is 2.53 bits per heavy atom. The van der Waals surface area contributed by atoms with Crippen LogP contribution in [0.5, 0.6) is 0 Å². The van der Waals surface area contributed by atoms with Gasteiger partial charge in [-0.3, -0.25) is 0 Å². The van der Waals surface area contributed by atoms with Crippen LogP contribution in [-0.4, -0.2) is 28.1 Å². The Hall–Kier alpha value is -1.39. The largest absolute Gasteiger partial charge is 0.464 e. The zero-order valence-electron chi connectivity index (χ0n) is 11.2. The Morgan fingerprint density at radius 2 is 2.06 bits per heavy atom. The van der Waals surface area contributed by atoms with Crippen LogP contribution in [0.2, 0.25) is 0 Å². The Bertz CT molecular complexity index is 385. The molecule has 0 aliphatic carbocycles. The summed E-state index contributed by atoms with van der Waals surface area (Å²) in [5.41, 5.74) is 1.20. The van der Waals surface area contributed by atoms with Crippen LogP contribution in [0.4, 0.5) is 0 Å². The summed E-state index contributed by atoms with van der Waals surface area (Å²) in [6.07, 6.45) is 2.09. The van der Waals surface area contributed by atoms with Crippen molar-refractivity contribution in [3.05, 3.63) is 11.4 Å². The summed E-state index contributed by atoms with van der Waals surface area (Å²) >= 11 is 0. The number of hydrogen-bond acceptors (Lipinski definition) is 4. The zero-order valence-corrected chi connectivity index (χ0v) is 11.2. The Balaban J connectivity index is 3.15. The third-order valence-corrected chi connectivity index (χ3v) is 2.78. The lowest BCUT2D eigenvalue weighted by Gasteiger charge is -2.16. The van der Waals surface area contributed by atoms with Crippen LogP contribution in [0.15, 0.2) is 0 Å². The van der Waals surface area contributed by atoms with Gasteiger partial charge in [0.15, 0.2) is 5.69 Å². The van der Waals surface area contributed by atoms with E-state index >= 15 is 0 Å². The predicted octanol–water partition coefficient (Wildman–Crippen LogP) is 2.55. The van der Waals surface area contributed by atoms with Crippen LogP contribution in [0.25, 0.3) is 0 Å². The number of methoxy groups -OCH3 is 1. The molecule has 5 heteroatoms. The highest BCUT2D eigenvalue weighted by Gasteiger charge is 2.24. The van der Waals surface area contributed by atoms with E-state index in [-0.39, 0.29) is 12.0 Å². The van der Waals surface area contributed by atoms with Crippen molar-refractivity contribution in [2.45, 2.75) is 52.5 Å². The van der Waals surface area contributed by atoms with Crippen LogP contribution in [0.3, 0.4) is 0 Å². The second-order valence-corrected chi connectivity index (χ2v) is 4.55. The fourth-order valence-electron chi connectivity index (χ4n) is 1.95. The van der Waals surface area contributed by atoms with E-state index < -0.39 is 5.97 Å². The van der Waals surface area contributed by atoms with E-state index in [1.807, 2.05) is 18.5 Å². The number of aromatic nitrogens is 3. The molecule has 96 valence electrons. The fourth-order valence-corrected chi connectivity index (χ4v) is 1.95. The molecule has 1 rings (SSSR count). The van der Waals surface area contributed by atoms with Gasteiger partial charge in [0.25, 0.3) is 0 Å². The van der Waals surface area contributed by atoms with E-state index in [0.29, 0.717) is 5.69 Å². The topological polar surface area (TPSA) is 57.0 Å². The SMILES string of the molecule is CCCC(C)n1nnc(C(=O)OC)c1C(C)C. The summed E-state index contributed by atoms with van der Waals surface area (Å²) in [5, 5.41) is 8.04. The molecule has 0 saturated heterocycles. The maximum atomic E-state index is 11.6. The van der Waals surface area contributed by atoms with Gasteiger partial charge in [0.2, 0.25) is 0 Å². The smallest absolute Gasteiger partial charge is 0.360 e. The molecule has 17 heavy (non-hydrogen) atoms. The minimum Gasteiger partial charge on any atom is -0.464 e. The van der Waals surface area contributed by atoms with Gasteiger partial charge in [-0.1, -0.05) is 32.4 Å². The summed E-state index contributed by atoms with van der Waals surface area (Å²) in [6.45, 7) is 8.27. The molecule has 0 bridgehead atoms. The molecule has 5 nitrogen and oxygen atoms in total.